The molecule has 0 unspecified atom stereocenters. The largest absolute Gasteiger partial charge is 0.396 e. The molecule has 0 spiro atoms. The third-order valence-corrected chi connectivity index (χ3v) is 3.18. The van der Waals surface area contributed by atoms with Crippen molar-refractivity contribution in [2.45, 2.75) is 12.8 Å². The van der Waals surface area contributed by atoms with Crippen molar-refractivity contribution in [1.29, 1.82) is 0 Å². The summed E-state index contributed by atoms with van der Waals surface area (Å²) in [5.74, 6) is 0.379. The van der Waals surface area contributed by atoms with E-state index in [-0.39, 0.29) is 12.4 Å². The van der Waals surface area contributed by atoms with E-state index in [1.54, 1.807) is 18.3 Å². The van der Waals surface area contributed by atoms with Gasteiger partial charge in [-0.05, 0) is 37.4 Å². The standard InChI is InChI=1S/C13H18N2O2/c16-10-11-4-3-7-15(8-11)9-13(17)12-5-1-2-6-14-12/h1-2,5-6,11,16H,3-4,7-10H2/t11-/m1/s1. The normalized spacial score (nSPS) is 21.4. The molecule has 4 nitrogen and oxygen atoms in total. The highest BCUT2D eigenvalue weighted by molar-refractivity contribution is 5.95. The number of hydrogen-bond donors (Lipinski definition) is 1. The Kier molecular flexibility index (Phi) is 4.23. The highest BCUT2D eigenvalue weighted by atomic mass is 16.3. The van der Waals surface area contributed by atoms with Crippen LogP contribution >= 0.6 is 0 Å². The second-order valence-electron chi connectivity index (χ2n) is 4.56. The Morgan fingerprint density at radius 2 is 2.41 bits per heavy atom. The van der Waals surface area contributed by atoms with Crippen molar-refractivity contribution in [3.05, 3.63) is 30.1 Å². The molecule has 0 bridgehead atoms. The van der Waals surface area contributed by atoms with Crippen molar-refractivity contribution in [2.75, 3.05) is 26.2 Å². The number of aliphatic hydroxyl groups excluding tert-OH is 1. The molecule has 1 aromatic heterocycles. The minimum atomic E-state index is 0.0594. The van der Waals surface area contributed by atoms with Gasteiger partial charge in [0.15, 0.2) is 5.78 Å². The Morgan fingerprint density at radius 3 is 3.12 bits per heavy atom. The number of carbonyl (C=O) groups excluding carboxylic acids is 1. The Bertz CT molecular complexity index is 367. The lowest BCUT2D eigenvalue weighted by atomic mass is 9.99. The third kappa shape index (κ3) is 3.35. The third-order valence-electron chi connectivity index (χ3n) is 3.18. The smallest absolute Gasteiger partial charge is 0.195 e. The number of hydrogen-bond acceptors (Lipinski definition) is 4. The maximum Gasteiger partial charge on any atom is 0.195 e. The summed E-state index contributed by atoms with van der Waals surface area (Å²) in [6.07, 6.45) is 3.76. The molecule has 1 aliphatic heterocycles. The van der Waals surface area contributed by atoms with Crippen LogP contribution in [0.5, 0.6) is 0 Å². The van der Waals surface area contributed by atoms with E-state index in [4.69, 9.17) is 5.11 Å². The predicted molar refractivity (Wildman–Crippen MR) is 64.8 cm³/mol. The molecule has 0 saturated carbocycles. The molecule has 17 heavy (non-hydrogen) atoms. The Hall–Kier alpha value is -1.26. The Labute approximate surface area is 101 Å². The molecule has 1 aliphatic rings. The molecule has 1 saturated heterocycles. The van der Waals surface area contributed by atoms with Crippen molar-refractivity contribution in [1.82, 2.24) is 9.88 Å². The van der Waals surface area contributed by atoms with Crippen LogP contribution in [0.2, 0.25) is 0 Å². The number of nitrogens with zero attached hydrogens (tertiary/aromatic N) is 2. The molecule has 92 valence electrons. The van der Waals surface area contributed by atoms with Gasteiger partial charge in [0.2, 0.25) is 0 Å². The Morgan fingerprint density at radius 1 is 1.53 bits per heavy atom. The van der Waals surface area contributed by atoms with Crippen LogP contribution in [0.4, 0.5) is 0 Å². The average molecular weight is 234 g/mol. The molecule has 0 aromatic carbocycles. The summed E-state index contributed by atoms with van der Waals surface area (Å²) in [6.45, 7) is 2.38. The van der Waals surface area contributed by atoms with Gasteiger partial charge in [0.1, 0.15) is 5.69 Å². The van der Waals surface area contributed by atoms with E-state index in [2.05, 4.69) is 9.88 Å². The van der Waals surface area contributed by atoms with E-state index in [0.29, 0.717) is 18.2 Å². The van der Waals surface area contributed by atoms with E-state index in [1.165, 1.54) is 0 Å². The van der Waals surface area contributed by atoms with Crippen LogP contribution in [0.3, 0.4) is 0 Å². The van der Waals surface area contributed by atoms with E-state index in [1.807, 2.05) is 6.07 Å². The van der Waals surface area contributed by atoms with Gasteiger partial charge in [-0.3, -0.25) is 14.7 Å². The fraction of sp³-hybridized carbons (Fsp3) is 0.538. The first-order chi connectivity index (χ1) is 8.29. The minimum Gasteiger partial charge on any atom is -0.396 e. The fourth-order valence-electron chi connectivity index (χ4n) is 2.26. The number of carbonyl (C=O) groups is 1. The molecule has 0 aliphatic carbocycles. The minimum absolute atomic E-state index is 0.0594. The van der Waals surface area contributed by atoms with Crippen LogP contribution in [0, 0.1) is 5.92 Å². The highest BCUT2D eigenvalue weighted by Crippen LogP contribution is 2.15. The maximum absolute atomic E-state index is 11.9. The van der Waals surface area contributed by atoms with Gasteiger partial charge in [-0.25, -0.2) is 0 Å². The first-order valence-corrected chi connectivity index (χ1v) is 6.07. The summed E-state index contributed by atoms with van der Waals surface area (Å²) in [5, 5.41) is 9.14. The van der Waals surface area contributed by atoms with Gasteiger partial charge in [0.25, 0.3) is 0 Å². The Balaban J connectivity index is 1.90. The summed E-state index contributed by atoms with van der Waals surface area (Å²) < 4.78 is 0. The first kappa shape index (κ1) is 12.2. The van der Waals surface area contributed by atoms with E-state index < -0.39 is 0 Å². The van der Waals surface area contributed by atoms with E-state index in [9.17, 15) is 4.79 Å². The molecular formula is C13H18N2O2. The second kappa shape index (κ2) is 5.89. The number of pyridine rings is 1. The molecule has 1 aromatic rings. The monoisotopic (exact) mass is 234 g/mol. The van der Waals surface area contributed by atoms with Crippen LogP contribution in [-0.4, -0.2) is 47.0 Å². The number of likely N-dealkylation sites (tertiary alicyclic amines) is 1. The summed E-state index contributed by atoms with van der Waals surface area (Å²) in [5.41, 5.74) is 0.527. The zero-order valence-corrected chi connectivity index (χ0v) is 9.88. The molecule has 1 atom stereocenters. The quantitative estimate of drug-likeness (QED) is 0.789. The van der Waals surface area contributed by atoms with Crippen molar-refractivity contribution in [3.8, 4) is 0 Å². The molecule has 2 rings (SSSR count). The summed E-state index contributed by atoms with van der Waals surface area (Å²) in [4.78, 5) is 18.1. The number of ketones is 1. The van der Waals surface area contributed by atoms with Crippen LogP contribution in [-0.2, 0) is 0 Å². The molecule has 0 amide bonds. The van der Waals surface area contributed by atoms with Crippen molar-refractivity contribution in [3.63, 3.8) is 0 Å². The number of aromatic nitrogens is 1. The zero-order valence-electron chi connectivity index (χ0n) is 9.88. The van der Waals surface area contributed by atoms with Crippen LogP contribution in [0.15, 0.2) is 24.4 Å². The lowest BCUT2D eigenvalue weighted by Gasteiger charge is -2.30. The fourth-order valence-corrected chi connectivity index (χ4v) is 2.26. The molecule has 4 heteroatoms. The summed E-state index contributed by atoms with van der Waals surface area (Å²) >= 11 is 0. The molecule has 1 N–H and O–H groups in total. The number of Topliss-reactive ketones (excluding diaryl/α,β-unsaturated/α-hetero) is 1. The van der Waals surface area contributed by atoms with E-state index in [0.717, 1.165) is 25.9 Å². The number of rotatable bonds is 4. The van der Waals surface area contributed by atoms with Gasteiger partial charge in [0.05, 0.1) is 6.54 Å². The average Bonchev–Trinajstić information content (AvgIpc) is 2.40. The summed E-state index contributed by atoms with van der Waals surface area (Å²) in [6, 6.07) is 5.38. The van der Waals surface area contributed by atoms with Gasteiger partial charge < -0.3 is 5.11 Å². The van der Waals surface area contributed by atoms with Crippen LogP contribution < -0.4 is 0 Å². The van der Waals surface area contributed by atoms with Crippen LogP contribution in [0.1, 0.15) is 23.3 Å². The van der Waals surface area contributed by atoms with Crippen molar-refractivity contribution < 1.29 is 9.90 Å². The van der Waals surface area contributed by atoms with Crippen molar-refractivity contribution in [2.24, 2.45) is 5.92 Å². The van der Waals surface area contributed by atoms with Crippen molar-refractivity contribution >= 4 is 5.78 Å². The first-order valence-electron chi connectivity index (χ1n) is 6.07. The number of aliphatic hydroxyl groups is 1. The number of piperidine rings is 1. The van der Waals surface area contributed by atoms with Gasteiger partial charge in [-0.15, -0.1) is 0 Å². The lowest BCUT2D eigenvalue weighted by molar-refractivity contribution is 0.0829. The maximum atomic E-state index is 11.9. The second-order valence-corrected chi connectivity index (χ2v) is 4.56. The lowest BCUT2D eigenvalue weighted by Crippen LogP contribution is -2.40. The highest BCUT2D eigenvalue weighted by Gasteiger charge is 2.21. The van der Waals surface area contributed by atoms with Gasteiger partial charge in [0, 0.05) is 19.3 Å². The van der Waals surface area contributed by atoms with Gasteiger partial charge >= 0.3 is 0 Å². The SMILES string of the molecule is O=C(CN1CCC[C@@H](CO)C1)c1ccccn1. The summed E-state index contributed by atoms with van der Waals surface area (Å²) in [7, 11) is 0. The molecule has 1 fully saturated rings. The zero-order chi connectivity index (χ0) is 12.1. The molecule has 2 heterocycles. The van der Waals surface area contributed by atoms with E-state index >= 15 is 0 Å². The van der Waals surface area contributed by atoms with Gasteiger partial charge in [-0.1, -0.05) is 6.07 Å². The molecule has 0 radical (unpaired) electrons. The van der Waals surface area contributed by atoms with Gasteiger partial charge in [-0.2, -0.15) is 0 Å². The van der Waals surface area contributed by atoms with Crippen LogP contribution in [0.25, 0.3) is 0 Å². The predicted octanol–water partition coefficient (Wildman–Crippen LogP) is 0.969. The molecular weight excluding hydrogens is 216 g/mol. The topological polar surface area (TPSA) is 53.4 Å².